The molecule has 2 rings (SSSR count). The van der Waals surface area contributed by atoms with E-state index in [1.165, 1.54) is 30.5 Å². The number of carbonyl (C=O) groups is 1. The van der Waals surface area contributed by atoms with Gasteiger partial charge < -0.3 is 5.32 Å². The summed E-state index contributed by atoms with van der Waals surface area (Å²) < 4.78 is 26.6. The van der Waals surface area contributed by atoms with E-state index in [1.807, 2.05) is 0 Å². The first-order valence-electron chi connectivity index (χ1n) is 4.94. The van der Waals surface area contributed by atoms with Crippen molar-refractivity contribution >= 4 is 27.5 Å². The van der Waals surface area contributed by atoms with Gasteiger partial charge in [0.05, 0.1) is 17.4 Å². The highest BCUT2D eigenvalue weighted by molar-refractivity contribution is 9.10. The molecule has 6 heteroatoms. The van der Waals surface area contributed by atoms with Crippen LogP contribution in [0.4, 0.5) is 14.5 Å². The molecule has 0 saturated heterocycles. The van der Waals surface area contributed by atoms with Gasteiger partial charge in [0, 0.05) is 10.7 Å². The summed E-state index contributed by atoms with van der Waals surface area (Å²) in [5, 5.41) is 2.47. The first-order chi connectivity index (χ1) is 8.58. The molecule has 1 heterocycles. The average molecular weight is 313 g/mol. The summed E-state index contributed by atoms with van der Waals surface area (Å²) in [7, 11) is 0. The maximum absolute atomic E-state index is 13.3. The molecule has 2 aromatic rings. The van der Waals surface area contributed by atoms with Gasteiger partial charge in [-0.05, 0) is 40.2 Å². The predicted octanol–water partition coefficient (Wildman–Crippen LogP) is 3.37. The summed E-state index contributed by atoms with van der Waals surface area (Å²) in [6.45, 7) is 0. The van der Waals surface area contributed by atoms with Gasteiger partial charge in [-0.2, -0.15) is 0 Å². The summed E-state index contributed by atoms with van der Waals surface area (Å²) in [5.74, 6) is -1.77. The van der Waals surface area contributed by atoms with Crippen LogP contribution in [-0.4, -0.2) is 10.9 Å². The Balaban J connectivity index is 2.24. The maximum atomic E-state index is 13.3. The zero-order chi connectivity index (χ0) is 13.1. The molecule has 1 N–H and O–H groups in total. The third-order valence-electron chi connectivity index (χ3n) is 2.20. The SMILES string of the molecule is O=C(Nc1ccc(F)cc1Br)c1ccncc1F. The van der Waals surface area contributed by atoms with Crippen LogP contribution in [0, 0.1) is 11.6 Å². The normalized spacial score (nSPS) is 10.2. The van der Waals surface area contributed by atoms with Crippen molar-refractivity contribution in [2.75, 3.05) is 5.32 Å². The van der Waals surface area contributed by atoms with Gasteiger partial charge in [0.2, 0.25) is 0 Å². The van der Waals surface area contributed by atoms with E-state index in [9.17, 15) is 13.6 Å². The van der Waals surface area contributed by atoms with Crippen molar-refractivity contribution in [1.82, 2.24) is 4.98 Å². The number of nitrogens with zero attached hydrogens (tertiary/aromatic N) is 1. The lowest BCUT2D eigenvalue weighted by Gasteiger charge is -2.07. The van der Waals surface area contributed by atoms with E-state index in [0.717, 1.165) is 6.20 Å². The predicted molar refractivity (Wildman–Crippen MR) is 66.2 cm³/mol. The van der Waals surface area contributed by atoms with Crippen LogP contribution in [0.15, 0.2) is 41.1 Å². The minimum atomic E-state index is -0.715. The molecule has 1 aromatic heterocycles. The number of halogens is 3. The standard InChI is InChI=1S/C12H7BrF2N2O/c13-9-5-7(14)1-2-11(9)17-12(18)8-3-4-16-6-10(8)15/h1-6H,(H,17,18). The maximum Gasteiger partial charge on any atom is 0.258 e. The topological polar surface area (TPSA) is 42.0 Å². The molecular formula is C12H7BrF2N2O. The first-order valence-corrected chi connectivity index (χ1v) is 5.73. The Bertz CT molecular complexity index is 604. The lowest BCUT2D eigenvalue weighted by atomic mass is 10.2. The van der Waals surface area contributed by atoms with E-state index < -0.39 is 17.5 Å². The van der Waals surface area contributed by atoms with E-state index in [4.69, 9.17) is 0 Å². The lowest BCUT2D eigenvalue weighted by Crippen LogP contribution is -2.14. The van der Waals surface area contributed by atoms with Crippen LogP contribution >= 0.6 is 15.9 Å². The number of pyridine rings is 1. The van der Waals surface area contributed by atoms with Gasteiger partial charge in [-0.3, -0.25) is 9.78 Å². The number of anilines is 1. The van der Waals surface area contributed by atoms with Crippen LogP contribution in [0.5, 0.6) is 0 Å². The van der Waals surface area contributed by atoms with E-state index in [2.05, 4.69) is 26.2 Å². The summed E-state index contributed by atoms with van der Waals surface area (Å²) >= 11 is 3.11. The Morgan fingerprint density at radius 2 is 2.06 bits per heavy atom. The minimum Gasteiger partial charge on any atom is -0.321 e. The van der Waals surface area contributed by atoms with Gasteiger partial charge in [-0.25, -0.2) is 8.78 Å². The summed E-state index contributed by atoms with van der Waals surface area (Å²) in [6, 6.07) is 5.06. The van der Waals surface area contributed by atoms with Crippen LogP contribution in [-0.2, 0) is 0 Å². The number of aromatic nitrogens is 1. The quantitative estimate of drug-likeness (QED) is 0.923. The van der Waals surface area contributed by atoms with Gasteiger partial charge in [0.15, 0.2) is 5.82 Å². The van der Waals surface area contributed by atoms with Crippen LogP contribution in [0.3, 0.4) is 0 Å². The molecule has 0 fully saturated rings. The molecule has 92 valence electrons. The number of benzene rings is 1. The molecule has 0 radical (unpaired) electrons. The molecule has 0 aliphatic rings. The van der Waals surface area contributed by atoms with Crippen molar-refractivity contribution < 1.29 is 13.6 Å². The third kappa shape index (κ3) is 2.70. The number of hydrogen-bond acceptors (Lipinski definition) is 2. The fourth-order valence-corrected chi connectivity index (χ4v) is 1.79. The molecular weight excluding hydrogens is 306 g/mol. The molecule has 3 nitrogen and oxygen atoms in total. The second kappa shape index (κ2) is 5.22. The number of amides is 1. The largest absolute Gasteiger partial charge is 0.321 e. The highest BCUT2D eigenvalue weighted by Gasteiger charge is 2.12. The van der Waals surface area contributed by atoms with E-state index in [0.29, 0.717) is 10.2 Å². The molecule has 0 saturated carbocycles. The Morgan fingerprint density at radius 3 is 2.72 bits per heavy atom. The first kappa shape index (κ1) is 12.6. The van der Waals surface area contributed by atoms with E-state index in [-0.39, 0.29) is 5.56 Å². The minimum absolute atomic E-state index is 0.124. The van der Waals surface area contributed by atoms with Crippen LogP contribution in [0.25, 0.3) is 0 Å². The summed E-state index contributed by atoms with van der Waals surface area (Å²) in [4.78, 5) is 15.3. The zero-order valence-corrected chi connectivity index (χ0v) is 10.5. The molecule has 1 amide bonds. The molecule has 0 atom stereocenters. The zero-order valence-electron chi connectivity index (χ0n) is 8.95. The number of nitrogens with one attached hydrogen (secondary N) is 1. The number of carbonyl (C=O) groups excluding carboxylic acids is 1. The Kier molecular flexibility index (Phi) is 3.66. The Hall–Kier alpha value is -1.82. The van der Waals surface area contributed by atoms with Gasteiger partial charge in [0.25, 0.3) is 5.91 Å². The Labute approximate surface area is 110 Å². The second-order valence-corrected chi connectivity index (χ2v) is 4.29. The highest BCUT2D eigenvalue weighted by atomic mass is 79.9. The van der Waals surface area contributed by atoms with Crippen molar-refractivity contribution in [3.8, 4) is 0 Å². The van der Waals surface area contributed by atoms with Crippen molar-refractivity contribution in [2.45, 2.75) is 0 Å². The van der Waals surface area contributed by atoms with Crippen LogP contribution in [0.1, 0.15) is 10.4 Å². The fraction of sp³-hybridized carbons (Fsp3) is 0. The Morgan fingerprint density at radius 1 is 1.28 bits per heavy atom. The average Bonchev–Trinajstić information content (AvgIpc) is 2.33. The molecule has 0 aliphatic heterocycles. The molecule has 0 spiro atoms. The molecule has 0 bridgehead atoms. The van der Waals surface area contributed by atoms with Gasteiger partial charge in [-0.15, -0.1) is 0 Å². The van der Waals surface area contributed by atoms with E-state index >= 15 is 0 Å². The smallest absolute Gasteiger partial charge is 0.258 e. The number of hydrogen-bond donors (Lipinski definition) is 1. The molecule has 0 unspecified atom stereocenters. The van der Waals surface area contributed by atoms with Crippen molar-refractivity contribution in [3.05, 3.63) is 58.3 Å². The lowest BCUT2D eigenvalue weighted by molar-refractivity contribution is 0.102. The summed E-state index contributed by atoms with van der Waals surface area (Å²) in [5.41, 5.74) is 0.235. The summed E-state index contributed by atoms with van der Waals surface area (Å²) in [6.07, 6.45) is 2.27. The number of rotatable bonds is 2. The van der Waals surface area contributed by atoms with Gasteiger partial charge in [0.1, 0.15) is 5.82 Å². The van der Waals surface area contributed by atoms with Gasteiger partial charge >= 0.3 is 0 Å². The second-order valence-electron chi connectivity index (χ2n) is 3.43. The molecule has 1 aromatic carbocycles. The highest BCUT2D eigenvalue weighted by Crippen LogP contribution is 2.23. The van der Waals surface area contributed by atoms with Crippen LogP contribution in [0.2, 0.25) is 0 Å². The van der Waals surface area contributed by atoms with Crippen LogP contribution < -0.4 is 5.32 Å². The monoisotopic (exact) mass is 312 g/mol. The van der Waals surface area contributed by atoms with Crippen molar-refractivity contribution in [1.29, 1.82) is 0 Å². The molecule has 18 heavy (non-hydrogen) atoms. The fourth-order valence-electron chi connectivity index (χ4n) is 1.34. The molecule has 0 aliphatic carbocycles. The third-order valence-corrected chi connectivity index (χ3v) is 2.85. The van der Waals surface area contributed by atoms with Gasteiger partial charge in [-0.1, -0.05) is 0 Å². The van der Waals surface area contributed by atoms with E-state index in [1.54, 1.807) is 0 Å². The van der Waals surface area contributed by atoms with Crippen molar-refractivity contribution in [3.63, 3.8) is 0 Å². The van der Waals surface area contributed by atoms with Crippen molar-refractivity contribution in [2.24, 2.45) is 0 Å².